The zero-order valence-corrected chi connectivity index (χ0v) is 9.55. The van der Waals surface area contributed by atoms with Crippen LogP contribution in [-0.4, -0.2) is 44.7 Å². The Morgan fingerprint density at radius 3 is 2.33 bits per heavy atom. The molecule has 0 aromatic heterocycles. The lowest BCUT2D eigenvalue weighted by Crippen LogP contribution is -2.38. The van der Waals surface area contributed by atoms with Crippen molar-refractivity contribution >= 4 is 15.8 Å². The van der Waals surface area contributed by atoms with Gasteiger partial charge in [0.2, 0.25) is 0 Å². The molecule has 0 atom stereocenters. The van der Waals surface area contributed by atoms with Gasteiger partial charge in [0.15, 0.2) is 0 Å². The number of ether oxygens (including phenoxy) is 1. The lowest BCUT2D eigenvalue weighted by molar-refractivity contribution is -0.155. The summed E-state index contributed by atoms with van der Waals surface area (Å²) in [5, 5.41) is 9.14. The van der Waals surface area contributed by atoms with Crippen molar-refractivity contribution < 1.29 is 23.1 Å². The molecule has 0 unspecified atom stereocenters. The highest BCUT2D eigenvalue weighted by Crippen LogP contribution is 2.34. The fourth-order valence-corrected chi connectivity index (χ4v) is 2.48. The maximum Gasteiger partial charge on any atom is 0.309 e. The van der Waals surface area contributed by atoms with Gasteiger partial charge in [0, 0.05) is 19.5 Å². The molecular weight excluding hydrogens is 220 g/mol. The maximum atomic E-state index is 11.1. The average molecular weight is 236 g/mol. The first-order valence-electron chi connectivity index (χ1n) is 4.85. The van der Waals surface area contributed by atoms with Gasteiger partial charge in [-0.05, 0) is 19.3 Å². The Hall–Kier alpha value is -0.620. The predicted molar refractivity (Wildman–Crippen MR) is 54.4 cm³/mol. The third-order valence-electron chi connectivity index (χ3n) is 2.85. The van der Waals surface area contributed by atoms with Gasteiger partial charge in [0.25, 0.3) is 0 Å². The summed E-state index contributed by atoms with van der Waals surface area (Å²) >= 11 is 0. The second-order valence-electron chi connectivity index (χ2n) is 4.08. The van der Waals surface area contributed by atoms with Crippen LogP contribution in [0.15, 0.2) is 0 Å². The van der Waals surface area contributed by atoms with Gasteiger partial charge in [0.1, 0.15) is 9.84 Å². The van der Waals surface area contributed by atoms with Gasteiger partial charge < -0.3 is 9.84 Å². The van der Waals surface area contributed by atoms with E-state index in [2.05, 4.69) is 0 Å². The average Bonchev–Trinajstić information content (AvgIpc) is 2.15. The van der Waals surface area contributed by atoms with E-state index in [1.54, 1.807) is 0 Å². The summed E-state index contributed by atoms with van der Waals surface area (Å²) in [6, 6.07) is 0. The van der Waals surface area contributed by atoms with Crippen LogP contribution in [0, 0.1) is 5.41 Å². The Morgan fingerprint density at radius 1 is 1.40 bits per heavy atom. The maximum absolute atomic E-state index is 11.1. The van der Waals surface area contributed by atoms with E-state index in [-0.39, 0.29) is 12.2 Å². The molecule has 1 saturated heterocycles. The minimum absolute atomic E-state index is 0.0701. The van der Waals surface area contributed by atoms with Crippen LogP contribution >= 0.6 is 0 Å². The van der Waals surface area contributed by atoms with Crippen molar-refractivity contribution in [3.8, 4) is 0 Å². The van der Waals surface area contributed by atoms with Crippen LogP contribution in [0.5, 0.6) is 0 Å². The molecular formula is C9H16O5S. The summed E-state index contributed by atoms with van der Waals surface area (Å²) in [5.74, 6) is -0.978. The molecule has 1 fully saturated rings. The molecule has 0 aromatic carbocycles. The molecule has 0 spiro atoms. The Balaban J connectivity index is 2.69. The zero-order valence-electron chi connectivity index (χ0n) is 8.73. The first kappa shape index (κ1) is 12.4. The van der Waals surface area contributed by atoms with Gasteiger partial charge in [-0.1, -0.05) is 0 Å². The normalized spacial score (nSPS) is 21.1. The first-order chi connectivity index (χ1) is 6.86. The van der Waals surface area contributed by atoms with E-state index in [9.17, 15) is 13.2 Å². The Kier molecular flexibility index (Phi) is 3.72. The number of carboxylic acids is 1. The monoisotopic (exact) mass is 236 g/mol. The standard InChI is InChI=1S/C9H16O5S/c1-15(12,13)7-4-9(8(10)11)2-5-14-6-3-9/h2-7H2,1H3,(H,10,11). The van der Waals surface area contributed by atoms with Crippen LogP contribution < -0.4 is 0 Å². The van der Waals surface area contributed by atoms with Gasteiger partial charge in [-0.3, -0.25) is 4.79 Å². The summed E-state index contributed by atoms with van der Waals surface area (Å²) in [6.07, 6.45) is 2.11. The topological polar surface area (TPSA) is 80.7 Å². The smallest absolute Gasteiger partial charge is 0.309 e. The molecule has 5 nitrogen and oxygen atoms in total. The van der Waals surface area contributed by atoms with E-state index >= 15 is 0 Å². The lowest BCUT2D eigenvalue weighted by atomic mass is 9.78. The molecule has 88 valence electrons. The van der Waals surface area contributed by atoms with Crippen LogP contribution in [-0.2, 0) is 19.4 Å². The highest BCUT2D eigenvalue weighted by atomic mass is 32.2. The van der Waals surface area contributed by atoms with Crippen molar-refractivity contribution in [2.45, 2.75) is 19.3 Å². The van der Waals surface area contributed by atoms with E-state index in [0.717, 1.165) is 6.26 Å². The summed E-state index contributed by atoms with van der Waals surface area (Å²) in [6.45, 7) is 0.798. The molecule has 0 radical (unpaired) electrons. The molecule has 1 aliphatic rings. The zero-order chi connectivity index (χ0) is 11.5. The quantitative estimate of drug-likeness (QED) is 0.759. The molecule has 0 amide bonds. The number of hydrogen-bond donors (Lipinski definition) is 1. The van der Waals surface area contributed by atoms with Crippen LogP contribution in [0.1, 0.15) is 19.3 Å². The largest absolute Gasteiger partial charge is 0.481 e. The van der Waals surface area contributed by atoms with Gasteiger partial charge in [-0.2, -0.15) is 0 Å². The molecule has 0 aromatic rings. The third-order valence-corrected chi connectivity index (χ3v) is 3.80. The van der Waals surface area contributed by atoms with Gasteiger partial charge >= 0.3 is 5.97 Å². The number of sulfone groups is 1. The number of carboxylic acid groups (broad SMARTS) is 1. The van der Waals surface area contributed by atoms with E-state index in [1.165, 1.54) is 0 Å². The van der Waals surface area contributed by atoms with E-state index in [4.69, 9.17) is 9.84 Å². The second-order valence-corrected chi connectivity index (χ2v) is 6.34. The highest BCUT2D eigenvalue weighted by Gasteiger charge is 2.40. The van der Waals surface area contributed by atoms with Gasteiger partial charge in [-0.25, -0.2) is 8.42 Å². The van der Waals surface area contributed by atoms with E-state index < -0.39 is 21.2 Å². The molecule has 15 heavy (non-hydrogen) atoms. The minimum atomic E-state index is -3.10. The van der Waals surface area contributed by atoms with Crippen LogP contribution in [0.3, 0.4) is 0 Å². The number of carbonyl (C=O) groups is 1. The molecule has 6 heteroatoms. The molecule has 1 aliphatic heterocycles. The summed E-state index contributed by atoms with van der Waals surface area (Å²) in [7, 11) is -3.10. The predicted octanol–water partition coefficient (Wildman–Crippen LogP) is 0.302. The van der Waals surface area contributed by atoms with Crippen molar-refractivity contribution in [1.82, 2.24) is 0 Å². The number of hydrogen-bond acceptors (Lipinski definition) is 4. The minimum Gasteiger partial charge on any atom is -0.481 e. The Labute approximate surface area is 89.3 Å². The second kappa shape index (κ2) is 4.49. The summed E-state index contributed by atoms with van der Waals surface area (Å²) in [4.78, 5) is 11.1. The van der Waals surface area contributed by atoms with Crippen molar-refractivity contribution in [3.63, 3.8) is 0 Å². The third kappa shape index (κ3) is 3.46. The Bertz CT molecular complexity index is 326. The summed E-state index contributed by atoms with van der Waals surface area (Å²) < 4.78 is 27.1. The van der Waals surface area contributed by atoms with Gasteiger partial charge in [-0.15, -0.1) is 0 Å². The molecule has 0 saturated carbocycles. The highest BCUT2D eigenvalue weighted by molar-refractivity contribution is 7.90. The van der Waals surface area contributed by atoms with E-state index in [1.807, 2.05) is 0 Å². The van der Waals surface area contributed by atoms with Crippen LogP contribution in [0.4, 0.5) is 0 Å². The molecule has 1 heterocycles. The first-order valence-corrected chi connectivity index (χ1v) is 6.91. The fourth-order valence-electron chi connectivity index (χ4n) is 1.71. The van der Waals surface area contributed by atoms with Crippen molar-refractivity contribution in [2.75, 3.05) is 25.2 Å². The van der Waals surface area contributed by atoms with Crippen LogP contribution in [0.25, 0.3) is 0 Å². The molecule has 0 bridgehead atoms. The SMILES string of the molecule is CS(=O)(=O)CCC1(C(=O)O)CCOCC1. The number of rotatable bonds is 4. The van der Waals surface area contributed by atoms with Gasteiger partial charge in [0.05, 0.1) is 11.2 Å². The van der Waals surface area contributed by atoms with E-state index in [0.29, 0.717) is 26.1 Å². The van der Waals surface area contributed by atoms with Crippen molar-refractivity contribution in [2.24, 2.45) is 5.41 Å². The van der Waals surface area contributed by atoms with Crippen molar-refractivity contribution in [1.29, 1.82) is 0 Å². The lowest BCUT2D eigenvalue weighted by Gasteiger charge is -2.32. The van der Waals surface area contributed by atoms with Crippen molar-refractivity contribution in [3.05, 3.63) is 0 Å². The van der Waals surface area contributed by atoms with Crippen LogP contribution in [0.2, 0.25) is 0 Å². The molecule has 1 rings (SSSR count). The molecule has 0 aliphatic carbocycles. The Morgan fingerprint density at radius 2 is 1.93 bits per heavy atom. The summed E-state index contributed by atoms with van der Waals surface area (Å²) in [5.41, 5.74) is -0.901. The number of aliphatic carboxylic acids is 1. The fraction of sp³-hybridized carbons (Fsp3) is 0.889. The molecule has 1 N–H and O–H groups in total.